The fraction of sp³-hybridized carbons (Fsp3) is 0.167. The van der Waals surface area contributed by atoms with Crippen molar-refractivity contribution in [1.29, 1.82) is 0 Å². The van der Waals surface area contributed by atoms with E-state index in [2.05, 4.69) is 15.0 Å². The maximum Gasteiger partial charge on any atom is 0.338 e. The molecule has 2 rings (SSSR count). The molecule has 1 heterocycles. The van der Waals surface area contributed by atoms with Gasteiger partial charge in [0.25, 0.3) is 0 Å². The molecule has 2 aromatic rings. The van der Waals surface area contributed by atoms with Crippen LogP contribution in [0.2, 0.25) is 0 Å². The highest BCUT2D eigenvalue weighted by Crippen LogP contribution is 2.23. The van der Waals surface area contributed by atoms with Crippen molar-refractivity contribution in [3.05, 3.63) is 30.0 Å². The molecular weight excluding hydrogens is 236 g/mol. The van der Waals surface area contributed by atoms with Gasteiger partial charge in [-0.3, -0.25) is 4.79 Å². The number of aliphatic hydroxyl groups excluding tert-OH is 1. The lowest BCUT2D eigenvalue weighted by molar-refractivity contribution is -0.118. The quantitative estimate of drug-likeness (QED) is 0.703. The molecule has 0 fully saturated rings. The molecule has 18 heavy (non-hydrogen) atoms. The maximum absolute atomic E-state index is 11.6. The van der Waals surface area contributed by atoms with Gasteiger partial charge in [0.1, 0.15) is 6.61 Å². The molecule has 0 aliphatic rings. The molecule has 0 aliphatic heterocycles. The van der Waals surface area contributed by atoms with Crippen molar-refractivity contribution in [2.75, 3.05) is 19.0 Å². The van der Waals surface area contributed by atoms with Crippen molar-refractivity contribution in [2.24, 2.45) is 0 Å². The summed E-state index contributed by atoms with van der Waals surface area (Å²) in [5.74, 6) is -1.03. The minimum Gasteiger partial charge on any atom is -0.465 e. The third-order valence-electron chi connectivity index (χ3n) is 2.50. The number of ether oxygens (including phenoxy) is 1. The van der Waals surface area contributed by atoms with Crippen LogP contribution < -0.4 is 5.32 Å². The molecule has 0 bridgehead atoms. The third kappa shape index (κ3) is 2.18. The third-order valence-corrected chi connectivity index (χ3v) is 2.50. The zero-order valence-corrected chi connectivity index (χ0v) is 9.69. The minimum absolute atomic E-state index is 0.351. The van der Waals surface area contributed by atoms with Gasteiger partial charge in [0.15, 0.2) is 0 Å². The number of fused-ring (bicyclic) bond motifs is 1. The van der Waals surface area contributed by atoms with Gasteiger partial charge in [0.05, 0.1) is 12.7 Å². The molecule has 94 valence electrons. The number of nitrogens with one attached hydrogen (secondary N) is 2. The Morgan fingerprint density at radius 2 is 2.22 bits per heavy atom. The average Bonchev–Trinajstić information content (AvgIpc) is 2.84. The summed E-state index contributed by atoms with van der Waals surface area (Å²) < 4.78 is 4.69. The number of esters is 1. The van der Waals surface area contributed by atoms with Crippen molar-refractivity contribution in [3.8, 4) is 0 Å². The number of aliphatic hydroxyl groups is 1. The van der Waals surface area contributed by atoms with Crippen LogP contribution in [0.15, 0.2) is 24.4 Å². The van der Waals surface area contributed by atoms with Crippen LogP contribution in [0, 0.1) is 0 Å². The van der Waals surface area contributed by atoms with Gasteiger partial charge in [-0.2, -0.15) is 0 Å². The van der Waals surface area contributed by atoms with Crippen LogP contribution in [-0.2, 0) is 9.53 Å². The Morgan fingerprint density at radius 1 is 1.44 bits per heavy atom. The predicted molar refractivity (Wildman–Crippen MR) is 65.4 cm³/mol. The number of aromatic amines is 1. The summed E-state index contributed by atoms with van der Waals surface area (Å²) in [5.41, 5.74) is 1.47. The zero-order chi connectivity index (χ0) is 13.1. The van der Waals surface area contributed by atoms with E-state index >= 15 is 0 Å². The number of hydrogen-bond acceptors (Lipinski definition) is 4. The number of methoxy groups -OCH3 is 1. The minimum atomic E-state index is -0.615. The van der Waals surface area contributed by atoms with Crippen LogP contribution in [0.25, 0.3) is 10.9 Å². The number of benzene rings is 1. The second-order valence-electron chi connectivity index (χ2n) is 3.66. The first-order valence-corrected chi connectivity index (χ1v) is 5.26. The number of hydrogen-bond donors (Lipinski definition) is 3. The number of rotatable bonds is 3. The summed E-state index contributed by atoms with van der Waals surface area (Å²) in [7, 11) is 1.29. The summed E-state index contributed by atoms with van der Waals surface area (Å²) in [5, 5.41) is 11.9. The maximum atomic E-state index is 11.6. The van der Waals surface area contributed by atoms with Gasteiger partial charge in [-0.15, -0.1) is 0 Å². The molecule has 6 heteroatoms. The number of amides is 1. The Balaban J connectivity index is 2.50. The Kier molecular flexibility index (Phi) is 3.29. The van der Waals surface area contributed by atoms with E-state index in [1.807, 2.05) is 0 Å². The topological polar surface area (TPSA) is 91.4 Å². The summed E-state index contributed by atoms with van der Waals surface area (Å²) >= 11 is 0. The van der Waals surface area contributed by atoms with Crippen molar-refractivity contribution < 1.29 is 19.4 Å². The van der Waals surface area contributed by atoms with Crippen LogP contribution in [0.5, 0.6) is 0 Å². The molecule has 0 atom stereocenters. The SMILES string of the molecule is COC(=O)c1cc(NC(=O)CO)cc2[nH]ccc12. The van der Waals surface area contributed by atoms with Crippen molar-refractivity contribution in [3.63, 3.8) is 0 Å². The summed E-state index contributed by atoms with van der Waals surface area (Å²) in [6.45, 7) is -0.615. The van der Waals surface area contributed by atoms with Gasteiger partial charge in [-0.25, -0.2) is 4.79 Å². The molecule has 6 nitrogen and oxygen atoms in total. The molecule has 3 N–H and O–H groups in total. The highest BCUT2D eigenvalue weighted by Gasteiger charge is 2.13. The van der Waals surface area contributed by atoms with Gasteiger partial charge in [0, 0.05) is 22.8 Å². The van der Waals surface area contributed by atoms with E-state index in [4.69, 9.17) is 5.11 Å². The van der Waals surface area contributed by atoms with Gasteiger partial charge in [-0.1, -0.05) is 0 Å². The van der Waals surface area contributed by atoms with Crippen molar-refractivity contribution >= 4 is 28.5 Å². The number of anilines is 1. The van der Waals surface area contributed by atoms with Crippen LogP contribution >= 0.6 is 0 Å². The highest BCUT2D eigenvalue weighted by molar-refractivity contribution is 6.06. The molecule has 0 radical (unpaired) electrons. The van der Waals surface area contributed by atoms with Crippen LogP contribution in [0.1, 0.15) is 10.4 Å². The standard InChI is InChI=1S/C12H12N2O4/c1-18-12(17)9-4-7(14-11(16)6-15)5-10-8(9)2-3-13-10/h2-5,13,15H,6H2,1H3,(H,14,16). The largest absolute Gasteiger partial charge is 0.465 e. The molecule has 0 aliphatic carbocycles. The molecule has 1 aromatic carbocycles. The first-order valence-electron chi connectivity index (χ1n) is 5.26. The lowest BCUT2D eigenvalue weighted by Gasteiger charge is -2.07. The van der Waals surface area contributed by atoms with Gasteiger partial charge in [-0.05, 0) is 18.2 Å². The van der Waals surface area contributed by atoms with E-state index in [0.29, 0.717) is 22.2 Å². The number of carbonyl (C=O) groups is 2. The fourth-order valence-corrected chi connectivity index (χ4v) is 1.72. The fourth-order valence-electron chi connectivity index (χ4n) is 1.72. The number of H-pyrrole nitrogens is 1. The highest BCUT2D eigenvalue weighted by atomic mass is 16.5. The molecular formula is C12H12N2O4. The number of carbonyl (C=O) groups excluding carboxylic acids is 2. The van der Waals surface area contributed by atoms with E-state index in [0.717, 1.165) is 0 Å². The summed E-state index contributed by atoms with van der Waals surface area (Å²) in [6.07, 6.45) is 1.69. The molecule has 1 amide bonds. The lowest BCUT2D eigenvalue weighted by Crippen LogP contribution is -2.16. The van der Waals surface area contributed by atoms with Crippen molar-refractivity contribution in [2.45, 2.75) is 0 Å². The van der Waals surface area contributed by atoms with Gasteiger partial charge < -0.3 is 20.1 Å². The molecule has 0 saturated heterocycles. The smallest absolute Gasteiger partial charge is 0.338 e. The average molecular weight is 248 g/mol. The van der Waals surface area contributed by atoms with E-state index < -0.39 is 18.5 Å². The van der Waals surface area contributed by atoms with E-state index in [9.17, 15) is 9.59 Å². The predicted octanol–water partition coefficient (Wildman–Crippen LogP) is 0.885. The molecule has 0 spiro atoms. The first-order chi connectivity index (χ1) is 8.65. The van der Waals surface area contributed by atoms with Crippen LogP contribution in [0.4, 0.5) is 5.69 Å². The monoisotopic (exact) mass is 248 g/mol. The number of aromatic nitrogens is 1. The molecule has 0 unspecified atom stereocenters. The first kappa shape index (κ1) is 12.1. The lowest BCUT2D eigenvalue weighted by atomic mass is 10.1. The second kappa shape index (κ2) is 4.89. The van der Waals surface area contributed by atoms with Gasteiger partial charge >= 0.3 is 5.97 Å². The Labute approximate surface area is 103 Å². The normalized spacial score (nSPS) is 10.3. The Morgan fingerprint density at radius 3 is 2.89 bits per heavy atom. The van der Waals surface area contributed by atoms with Gasteiger partial charge in [0.2, 0.25) is 5.91 Å². The van der Waals surface area contributed by atoms with Crippen LogP contribution in [0.3, 0.4) is 0 Å². The zero-order valence-electron chi connectivity index (χ0n) is 9.69. The second-order valence-corrected chi connectivity index (χ2v) is 3.66. The van der Waals surface area contributed by atoms with E-state index in [-0.39, 0.29) is 0 Å². The summed E-state index contributed by atoms with van der Waals surface area (Å²) in [6, 6.07) is 4.93. The van der Waals surface area contributed by atoms with Crippen LogP contribution in [-0.4, -0.2) is 35.7 Å². The Hall–Kier alpha value is -2.34. The molecule has 1 aromatic heterocycles. The van der Waals surface area contributed by atoms with Crippen molar-refractivity contribution in [1.82, 2.24) is 4.98 Å². The Bertz CT molecular complexity index is 603. The van der Waals surface area contributed by atoms with E-state index in [1.54, 1.807) is 18.3 Å². The van der Waals surface area contributed by atoms with E-state index in [1.165, 1.54) is 13.2 Å². The molecule has 0 saturated carbocycles. The summed E-state index contributed by atoms with van der Waals surface area (Å²) in [4.78, 5) is 25.7.